The van der Waals surface area contributed by atoms with Crippen LogP contribution in [0.4, 0.5) is 17.6 Å². The van der Waals surface area contributed by atoms with Crippen LogP contribution >= 0.6 is 0 Å². The topological polar surface area (TPSA) is 55.4 Å². The molecule has 2 aromatic carbocycles. The number of carbonyl (C=O) groups excluding carboxylic acids is 2. The van der Waals surface area contributed by atoms with Gasteiger partial charge in [-0.1, -0.05) is 30.3 Å². The summed E-state index contributed by atoms with van der Waals surface area (Å²) in [6, 6.07) is 10.8. The van der Waals surface area contributed by atoms with E-state index in [1.54, 1.807) is 32.9 Å². The summed E-state index contributed by atoms with van der Waals surface area (Å²) < 4.78 is 60.8. The molecule has 1 N–H and O–H groups in total. The van der Waals surface area contributed by atoms with Gasteiger partial charge < -0.3 is 10.1 Å². The van der Waals surface area contributed by atoms with Crippen molar-refractivity contribution in [2.75, 3.05) is 0 Å². The molecule has 4 rings (SSSR count). The number of hydrogen-bond donors (Lipinski definition) is 1. The number of benzene rings is 2. The van der Waals surface area contributed by atoms with Gasteiger partial charge in [0.2, 0.25) is 0 Å². The molecule has 1 aliphatic heterocycles. The molecule has 0 saturated carbocycles. The average molecular weight is 487 g/mol. The quantitative estimate of drug-likeness (QED) is 0.415. The zero-order chi connectivity index (χ0) is 25.5. The molecule has 2 atom stereocenters. The number of ether oxygens (including phenoxy) is 1. The van der Waals surface area contributed by atoms with Gasteiger partial charge in [-0.3, -0.25) is 4.79 Å². The van der Waals surface area contributed by atoms with Gasteiger partial charge in [0, 0.05) is 29.3 Å². The molecular weight excluding hydrogens is 462 g/mol. The Kier molecular flexibility index (Phi) is 6.58. The van der Waals surface area contributed by atoms with E-state index in [-0.39, 0.29) is 34.8 Å². The van der Waals surface area contributed by atoms with Gasteiger partial charge in [-0.05, 0) is 62.4 Å². The number of hydrogen-bond acceptors (Lipinski definition) is 4. The fourth-order valence-electron chi connectivity index (χ4n) is 4.88. The van der Waals surface area contributed by atoms with Crippen LogP contribution < -0.4 is 5.32 Å². The summed E-state index contributed by atoms with van der Waals surface area (Å²) in [6.07, 6.45) is -4.82. The van der Waals surface area contributed by atoms with Crippen LogP contribution in [-0.2, 0) is 20.5 Å². The van der Waals surface area contributed by atoms with E-state index in [9.17, 15) is 27.2 Å². The third-order valence-corrected chi connectivity index (χ3v) is 6.31. The Hall–Kier alpha value is -3.42. The largest absolute Gasteiger partial charge is 0.460 e. The first-order chi connectivity index (χ1) is 16.5. The third-order valence-electron chi connectivity index (χ3n) is 6.31. The maximum absolute atomic E-state index is 14.0. The first-order valence-electron chi connectivity index (χ1n) is 11.3. The second-order valence-electron chi connectivity index (χ2n) is 9.11. The molecule has 1 heterocycles. The number of esters is 1. The van der Waals surface area contributed by atoms with Crippen LogP contribution in [0.5, 0.6) is 0 Å². The second kappa shape index (κ2) is 9.32. The predicted molar refractivity (Wildman–Crippen MR) is 122 cm³/mol. The Balaban J connectivity index is 1.87. The van der Waals surface area contributed by atoms with Crippen LogP contribution in [0.3, 0.4) is 0 Å². The van der Waals surface area contributed by atoms with Crippen molar-refractivity contribution in [1.82, 2.24) is 5.32 Å². The van der Waals surface area contributed by atoms with Crippen molar-refractivity contribution in [2.24, 2.45) is 0 Å². The zero-order valence-corrected chi connectivity index (χ0v) is 19.5. The normalized spacial score (nSPS) is 20.6. The van der Waals surface area contributed by atoms with Crippen LogP contribution in [0.2, 0.25) is 0 Å². The Morgan fingerprint density at radius 1 is 1.06 bits per heavy atom. The molecular formula is C27H25F4NO3. The van der Waals surface area contributed by atoms with Gasteiger partial charge in [0.25, 0.3) is 0 Å². The molecule has 0 radical (unpaired) electrons. The van der Waals surface area contributed by atoms with Gasteiger partial charge in [0.1, 0.15) is 5.82 Å². The van der Waals surface area contributed by atoms with Crippen LogP contribution in [0.15, 0.2) is 71.1 Å². The predicted octanol–water partition coefficient (Wildman–Crippen LogP) is 6.16. The van der Waals surface area contributed by atoms with Crippen molar-refractivity contribution < 1.29 is 31.9 Å². The monoisotopic (exact) mass is 487 g/mol. The highest BCUT2D eigenvalue weighted by atomic mass is 19.4. The molecule has 0 amide bonds. The van der Waals surface area contributed by atoms with Gasteiger partial charge in [0.15, 0.2) is 5.78 Å². The first-order valence-corrected chi connectivity index (χ1v) is 11.3. The molecule has 0 fully saturated rings. The molecule has 0 saturated heterocycles. The molecule has 2 unspecified atom stereocenters. The summed E-state index contributed by atoms with van der Waals surface area (Å²) in [5.41, 5.74) is 0.615. The molecule has 35 heavy (non-hydrogen) atoms. The summed E-state index contributed by atoms with van der Waals surface area (Å²) in [7, 11) is 0. The Morgan fingerprint density at radius 2 is 1.71 bits per heavy atom. The standard InChI is InChI=1S/C27H25F4NO3/c1-14(2)35-26(34)23-15(3)32-21-12-17(16-8-10-18(28)11-9-16)13-22(33)25(21)24(23)19-6-4-5-7-20(19)27(29,30)31/h4-11,14,17,24,32H,12-13H2,1-3H3. The number of rotatable bonds is 4. The maximum Gasteiger partial charge on any atom is 0.416 e. The number of nitrogens with one attached hydrogen (secondary N) is 1. The lowest BCUT2D eigenvalue weighted by atomic mass is 9.71. The van der Waals surface area contributed by atoms with E-state index in [0.717, 1.165) is 11.6 Å². The molecule has 2 aromatic rings. The fraction of sp³-hybridized carbons (Fsp3) is 0.333. The van der Waals surface area contributed by atoms with E-state index < -0.39 is 35.5 Å². The molecule has 0 aromatic heterocycles. The smallest absolute Gasteiger partial charge is 0.416 e. The molecule has 4 nitrogen and oxygen atoms in total. The van der Waals surface area contributed by atoms with E-state index in [1.165, 1.54) is 30.3 Å². The van der Waals surface area contributed by atoms with Gasteiger partial charge >= 0.3 is 12.1 Å². The zero-order valence-electron chi connectivity index (χ0n) is 19.5. The van der Waals surface area contributed by atoms with Gasteiger partial charge in [-0.25, -0.2) is 9.18 Å². The van der Waals surface area contributed by atoms with Crippen LogP contribution in [0.25, 0.3) is 0 Å². The van der Waals surface area contributed by atoms with Crippen LogP contribution in [0, 0.1) is 5.82 Å². The number of halogens is 4. The second-order valence-corrected chi connectivity index (χ2v) is 9.11. The van der Waals surface area contributed by atoms with Crippen molar-refractivity contribution in [1.29, 1.82) is 0 Å². The number of alkyl halides is 3. The van der Waals surface area contributed by atoms with E-state index in [2.05, 4.69) is 5.32 Å². The lowest BCUT2D eigenvalue weighted by molar-refractivity contribution is -0.143. The molecule has 8 heteroatoms. The highest BCUT2D eigenvalue weighted by molar-refractivity contribution is 6.04. The van der Waals surface area contributed by atoms with E-state index in [0.29, 0.717) is 17.8 Å². The number of allylic oxidation sites excluding steroid dienone is 3. The van der Waals surface area contributed by atoms with Gasteiger partial charge in [0.05, 0.1) is 17.2 Å². The van der Waals surface area contributed by atoms with E-state index in [1.807, 2.05) is 0 Å². The molecule has 0 spiro atoms. The SMILES string of the molecule is CC1=C(C(=O)OC(C)C)C(c2ccccc2C(F)(F)F)C2=C(CC(c3ccc(F)cc3)CC2=O)N1. The van der Waals surface area contributed by atoms with Crippen LogP contribution in [-0.4, -0.2) is 17.9 Å². The summed E-state index contributed by atoms with van der Waals surface area (Å²) in [6.45, 7) is 4.88. The van der Waals surface area contributed by atoms with Crippen molar-refractivity contribution in [3.63, 3.8) is 0 Å². The minimum atomic E-state index is -4.68. The molecule has 2 aliphatic rings. The summed E-state index contributed by atoms with van der Waals surface area (Å²) in [5.74, 6) is -3.03. The Morgan fingerprint density at radius 3 is 2.34 bits per heavy atom. The minimum absolute atomic E-state index is 0.0114. The minimum Gasteiger partial charge on any atom is -0.460 e. The first kappa shape index (κ1) is 24.7. The Labute approximate surface area is 200 Å². The average Bonchev–Trinajstić information content (AvgIpc) is 2.77. The van der Waals surface area contributed by atoms with Crippen molar-refractivity contribution in [3.05, 3.63) is 93.6 Å². The fourth-order valence-corrected chi connectivity index (χ4v) is 4.88. The molecule has 0 bridgehead atoms. The highest BCUT2D eigenvalue weighted by Gasteiger charge is 2.45. The van der Waals surface area contributed by atoms with Gasteiger partial charge in [-0.2, -0.15) is 13.2 Å². The van der Waals surface area contributed by atoms with Crippen LogP contribution in [0.1, 0.15) is 62.1 Å². The van der Waals surface area contributed by atoms with Crippen molar-refractivity contribution in [3.8, 4) is 0 Å². The third kappa shape index (κ3) is 4.88. The summed E-state index contributed by atoms with van der Waals surface area (Å²) in [4.78, 5) is 26.6. The Bertz CT molecular complexity index is 1230. The lowest BCUT2D eigenvalue weighted by Crippen LogP contribution is -2.37. The van der Waals surface area contributed by atoms with Crippen molar-refractivity contribution in [2.45, 2.75) is 57.7 Å². The van der Waals surface area contributed by atoms with Crippen molar-refractivity contribution >= 4 is 11.8 Å². The molecule has 184 valence electrons. The van der Waals surface area contributed by atoms with E-state index >= 15 is 0 Å². The highest BCUT2D eigenvalue weighted by Crippen LogP contribution is 2.48. The number of carbonyl (C=O) groups is 2. The summed E-state index contributed by atoms with van der Waals surface area (Å²) in [5, 5.41) is 3.10. The number of Topliss-reactive ketones (excluding diaryl/α,β-unsaturated/α-hetero) is 1. The van der Waals surface area contributed by atoms with E-state index in [4.69, 9.17) is 4.74 Å². The summed E-state index contributed by atoms with van der Waals surface area (Å²) >= 11 is 0. The lowest BCUT2D eigenvalue weighted by Gasteiger charge is -2.37. The maximum atomic E-state index is 14.0. The number of ketones is 1. The number of dihydropyridines is 1. The molecule has 1 aliphatic carbocycles. The van der Waals surface area contributed by atoms with Gasteiger partial charge in [-0.15, -0.1) is 0 Å².